The second kappa shape index (κ2) is 6.69. The van der Waals surface area contributed by atoms with Crippen LogP contribution < -0.4 is 0 Å². The first-order chi connectivity index (χ1) is 8.78. The van der Waals surface area contributed by atoms with Gasteiger partial charge in [-0.1, -0.05) is 25.3 Å². The summed E-state index contributed by atoms with van der Waals surface area (Å²) < 4.78 is 5.29. The molecule has 2 rings (SSSR count). The Morgan fingerprint density at radius 1 is 1.28 bits per heavy atom. The monoisotopic (exact) mass is 253 g/mol. The third-order valence-electron chi connectivity index (χ3n) is 4.34. The van der Waals surface area contributed by atoms with Crippen LogP contribution in [0, 0.1) is 11.3 Å². The molecular formula is C15H27NO2. The minimum absolute atomic E-state index is 0.00230. The molecule has 1 saturated heterocycles. The average molecular weight is 253 g/mol. The molecule has 1 aliphatic carbocycles. The standard InChI is InChI=1S/C15H27NO2/c1-2-8-16(9-14-6-4-3-5-7-14)10-15(11-17)12-18-13-15/h2,14,17H,1,3-13H2. The third-order valence-corrected chi connectivity index (χ3v) is 4.34. The molecule has 18 heavy (non-hydrogen) atoms. The van der Waals surface area contributed by atoms with Crippen molar-refractivity contribution in [2.45, 2.75) is 32.1 Å². The van der Waals surface area contributed by atoms with Gasteiger partial charge in [-0.15, -0.1) is 6.58 Å². The van der Waals surface area contributed by atoms with E-state index in [2.05, 4.69) is 11.5 Å². The molecule has 0 spiro atoms. The van der Waals surface area contributed by atoms with Crippen LogP contribution in [0.25, 0.3) is 0 Å². The molecule has 2 aliphatic rings. The fourth-order valence-electron chi connectivity index (χ4n) is 3.22. The summed E-state index contributed by atoms with van der Waals surface area (Å²) in [6.07, 6.45) is 8.91. The maximum Gasteiger partial charge on any atom is 0.0579 e. The highest BCUT2D eigenvalue weighted by molar-refractivity contribution is 4.90. The third kappa shape index (κ3) is 3.56. The van der Waals surface area contributed by atoms with Crippen LogP contribution in [-0.2, 0) is 4.74 Å². The summed E-state index contributed by atoms with van der Waals surface area (Å²) in [4.78, 5) is 2.46. The number of aliphatic hydroxyl groups is 1. The molecule has 0 atom stereocenters. The van der Waals surface area contributed by atoms with Crippen LogP contribution in [0.4, 0.5) is 0 Å². The summed E-state index contributed by atoms with van der Waals surface area (Å²) in [5.41, 5.74) is -0.00230. The van der Waals surface area contributed by atoms with Gasteiger partial charge in [0, 0.05) is 19.6 Å². The second-order valence-electron chi connectivity index (χ2n) is 6.14. The zero-order valence-corrected chi connectivity index (χ0v) is 11.4. The molecule has 0 radical (unpaired) electrons. The summed E-state index contributed by atoms with van der Waals surface area (Å²) in [6.45, 7) is 8.56. The lowest BCUT2D eigenvalue weighted by Crippen LogP contribution is -2.54. The number of nitrogens with zero attached hydrogens (tertiary/aromatic N) is 1. The largest absolute Gasteiger partial charge is 0.396 e. The predicted octanol–water partition coefficient (Wildman–Crippen LogP) is 2.06. The minimum Gasteiger partial charge on any atom is -0.396 e. The van der Waals surface area contributed by atoms with Gasteiger partial charge in [0.05, 0.1) is 25.2 Å². The Kier molecular flexibility index (Phi) is 5.22. The molecule has 1 aliphatic heterocycles. The van der Waals surface area contributed by atoms with Crippen molar-refractivity contribution in [3.8, 4) is 0 Å². The first-order valence-electron chi connectivity index (χ1n) is 7.30. The molecule has 0 unspecified atom stereocenters. The normalized spacial score (nSPS) is 23.9. The predicted molar refractivity (Wildman–Crippen MR) is 73.5 cm³/mol. The van der Waals surface area contributed by atoms with Crippen molar-refractivity contribution in [3.63, 3.8) is 0 Å². The Bertz CT molecular complexity index is 252. The molecule has 0 bridgehead atoms. The molecule has 0 aromatic carbocycles. The van der Waals surface area contributed by atoms with Gasteiger partial charge < -0.3 is 9.84 Å². The van der Waals surface area contributed by atoms with Crippen molar-refractivity contribution in [3.05, 3.63) is 12.7 Å². The Labute approximate surface area is 111 Å². The summed E-state index contributed by atoms with van der Waals surface area (Å²) in [6, 6.07) is 0. The van der Waals surface area contributed by atoms with E-state index in [9.17, 15) is 5.11 Å². The molecule has 0 amide bonds. The van der Waals surface area contributed by atoms with Crippen LogP contribution in [0.3, 0.4) is 0 Å². The number of aliphatic hydroxyl groups excluding tert-OH is 1. The first kappa shape index (κ1) is 14.0. The molecule has 1 saturated carbocycles. The van der Waals surface area contributed by atoms with Gasteiger partial charge in [-0.3, -0.25) is 4.90 Å². The summed E-state index contributed by atoms with van der Waals surface area (Å²) in [7, 11) is 0. The van der Waals surface area contributed by atoms with Crippen LogP contribution in [-0.4, -0.2) is 49.5 Å². The summed E-state index contributed by atoms with van der Waals surface area (Å²) >= 11 is 0. The van der Waals surface area contributed by atoms with Crippen molar-refractivity contribution in [1.82, 2.24) is 4.90 Å². The lowest BCUT2D eigenvalue weighted by atomic mass is 9.85. The van der Waals surface area contributed by atoms with Crippen LogP contribution >= 0.6 is 0 Å². The number of rotatable bonds is 7. The highest BCUT2D eigenvalue weighted by Crippen LogP contribution is 2.30. The fraction of sp³-hybridized carbons (Fsp3) is 0.867. The van der Waals surface area contributed by atoms with Crippen molar-refractivity contribution < 1.29 is 9.84 Å². The topological polar surface area (TPSA) is 32.7 Å². The maximum atomic E-state index is 9.53. The highest BCUT2D eigenvalue weighted by atomic mass is 16.5. The molecule has 1 heterocycles. The summed E-state index contributed by atoms with van der Waals surface area (Å²) in [5, 5.41) is 9.53. The van der Waals surface area contributed by atoms with Crippen LogP contribution in [0.2, 0.25) is 0 Å². The molecule has 0 aromatic heterocycles. The quantitative estimate of drug-likeness (QED) is 0.705. The van der Waals surface area contributed by atoms with E-state index in [1.54, 1.807) is 0 Å². The van der Waals surface area contributed by atoms with Crippen molar-refractivity contribution in [2.24, 2.45) is 11.3 Å². The van der Waals surface area contributed by atoms with Gasteiger partial charge in [0.2, 0.25) is 0 Å². The lowest BCUT2D eigenvalue weighted by Gasteiger charge is -2.44. The number of hydrogen-bond acceptors (Lipinski definition) is 3. The Morgan fingerprint density at radius 3 is 2.50 bits per heavy atom. The number of hydrogen-bond donors (Lipinski definition) is 1. The second-order valence-corrected chi connectivity index (χ2v) is 6.14. The summed E-state index contributed by atoms with van der Waals surface area (Å²) in [5.74, 6) is 0.843. The van der Waals surface area contributed by atoms with E-state index in [4.69, 9.17) is 4.74 Å². The highest BCUT2D eigenvalue weighted by Gasteiger charge is 2.39. The van der Waals surface area contributed by atoms with E-state index in [1.807, 2.05) is 6.08 Å². The van der Waals surface area contributed by atoms with E-state index in [0.717, 1.165) is 25.6 Å². The average Bonchev–Trinajstić information content (AvgIpc) is 2.35. The van der Waals surface area contributed by atoms with Crippen LogP contribution in [0.15, 0.2) is 12.7 Å². The van der Waals surface area contributed by atoms with E-state index >= 15 is 0 Å². The Morgan fingerprint density at radius 2 is 2.00 bits per heavy atom. The van der Waals surface area contributed by atoms with Crippen molar-refractivity contribution in [2.75, 3.05) is 39.5 Å². The Hall–Kier alpha value is -0.380. The van der Waals surface area contributed by atoms with E-state index < -0.39 is 0 Å². The van der Waals surface area contributed by atoms with Gasteiger partial charge in [0.25, 0.3) is 0 Å². The molecular weight excluding hydrogens is 226 g/mol. The Balaban J connectivity index is 1.84. The van der Waals surface area contributed by atoms with E-state index in [-0.39, 0.29) is 12.0 Å². The van der Waals surface area contributed by atoms with Gasteiger partial charge >= 0.3 is 0 Å². The molecule has 104 valence electrons. The lowest BCUT2D eigenvalue weighted by molar-refractivity contribution is -0.148. The molecule has 0 aromatic rings. The maximum absolute atomic E-state index is 9.53. The van der Waals surface area contributed by atoms with Crippen molar-refractivity contribution in [1.29, 1.82) is 0 Å². The number of ether oxygens (including phenoxy) is 1. The SMILES string of the molecule is C=CCN(CC1CCCCC1)CC1(CO)COC1. The van der Waals surface area contributed by atoms with Gasteiger partial charge in [0.1, 0.15) is 0 Å². The fourth-order valence-corrected chi connectivity index (χ4v) is 3.22. The zero-order chi connectivity index (χ0) is 12.8. The van der Waals surface area contributed by atoms with Gasteiger partial charge in [-0.25, -0.2) is 0 Å². The van der Waals surface area contributed by atoms with Gasteiger partial charge in [0.15, 0.2) is 0 Å². The molecule has 3 heteroatoms. The van der Waals surface area contributed by atoms with Gasteiger partial charge in [-0.2, -0.15) is 0 Å². The van der Waals surface area contributed by atoms with Crippen LogP contribution in [0.1, 0.15) is 32.1 Å². The molecule has 3 nitrogen and oxygen atoms in total. The smallest absolute Gasteiger partial charge is 0.0579 e. The van der Waals surface area contributed by atoms with Crippen LogP contribution in [0.5, 0.6) is 0 Å². The van der Waals surface area contributed by atoms with E-state index in [0.29, 0.717) is 13.2 Å². The molecule has 1 N–H and O–H groups in total. The molecule has 2 fully saturated rings. The van der Waals surface area contributed by atoms with Gasteiger partial charge in [-0.05, 0) is 18.8 Å². The van der Waals surface area contributed by atoms with Crippen molar-refractivity contribution >= 4 is 0 Å². The first-order valence-corrected chi connectivity index (χ1v) is 7.30. The van der Waals surface area contributed by atoms with E-state index in [1.165, 1.54) is 32.1 Å². The minimum atomic E-state index is -0.00230. The zero-order valence-electron chi connectivity index (χ0n) is 11.4.